The van der Waals surface area contributed by atoms with Crippen molar-refractivity contribution >= 4 is 30.0 Å². The Hall–Kier alpha value is -2.69. The molecule has 4 rings (SSSR count). The molecule has 2 atom stereocenters. The Morgan fingerprint density at radius 2 is 2.06 bits per heavy atom. The van der Waals surface area contributed by atoms with Crippen LogP contribution in [0.25, 0.3) is 10.9 Å². The first-order valence-corrected chi connectivity index (χ1v) is 11.2. The number of benzene rings is 1. The summed E-state index contributed by atoms with van der Waals surface area (Å²) in [6.07, 6.45) is 3.67. The molecule has 2 aromatic rings. The lowest BCUT2D eigenvalue weighted by molar-refractivity contribution is 0.0693. The highest BCUT2D eigenvalue weighted by atomic mass is 19.2. The van der Waals surface area contributed by atoms with E-state index in [-0.39, 0.29) is 28.9 Å². The second kappa shape index (κ2) is 9.28. The van der Waals surface area contributed by atoms with Crippen LogP contribution in [0.3, 0.4) is 0 Å². The smallest absolute Gasteiger partial charge is 0.492 e. The van der Waals surface area contributed by atoms with Gasteiger partial charge in [0, 0.05) is 31.4 Å². The summed E-state index contributed by atoms with van der Waals surface area (Å²) in [5, 5.41) is 3.31. The molecule has 1 saturated heterocycles. The largest absolute Gasteiger partial charge is 0.798 e. The van der Waals surface area contributed by atoms with Gasteiger partial charge >= 0.3 is 13.4 Å². The van der Waals surface area contributed by atoms with E-state index in [0.29, 0.717) is 24.5 Å². The van der Waals surface area contributed by atoms with Crippen molar-refractivity contribution in [2.24, 2.45) is 5.92 Å². The van der Waals surface area contributed by atoms with Crippen molar-refractivity contribution < 1.29 is 27.2 Å². The average Bonchev–Trinajstić information content (AvgIpc) is 3.49. The van der Waals surface area contributed by atoms with Gasteiger partial charge in [-0.2, -0.15) is 0 Å². The summed E-state index contributed by atoms with van der Waals surface area (Å²) in [5.74, 6) is -1.56. The van der Waals surface area contributed by atoms with Gasteiger partial charge in [0.05, 0.1) is 18.0 Å². The summed E-state index contributed by atoms with van der Waals surface area (Å²) in [7, 11) is -1.95. The minimum Gasteiger partial charge on any atom is -0.492 e. The standard InChI is InChI=1S/C22H27BF3N3O4/c1-4-27-12(2)13-7-8-28(10-13)19-17(24)9-15-18(21(19)32-3)29(14-5-6-14)11-16(20(15)30)22(31)33-23(25)26/h9,11-14,27H,4-8,10H2,1-3H3/t12-,13-/m1/s1. The van der Waals surface area contributed by atoms with Gasteiger partial charge in [-0.25, -0.2) is 17.8 Å². The van der Waals surface area contributed by atoms with Crippen LogP contribution in [0.15, 0.2) is 17.1 Å². The molecule has 2 fully saturated rings. The fourth-order valence-corrected chi connectivity index (χ4v) is 4.75. The highest BCUT2D eigenvalue weighted by Crippen LogP contribution is 2.44. The van der Waals surface area contributed by atoms with Gasteiger partial charge in [-0.1, -0.05) is 6.92 Å². The number of methoxy groups -OCH3 is 1. The van der Waals surface area contributed by atoms with Crippen LogP contribution >= 0.6 is 0 Å². The van der Waals surface area contributed by atoms with Gasteiger partial charge in [0.2, 0.25) is 5.43 Å². The first-order chi connectivity index (χ1) is 15.8. The predicted octanol–water partition coefficient (Wildman–Crippen LogP) is 3.39. The predicted molar refractivity (Wildman–Crippen MR) is 120 cm³/mol. The van der Waals surface area contributed by atoms with Crippen LogP contribution in [0.2, 0.25) is 0 Å². The lowest BCUT2D eigenvalue weighted by Gasteiger charge is -2.26. The fraction of sp³-hybridized carbons (Fsp3) is 0.545. The number of fused-ring (bicyclic) bond motifs is 1. The van der Waals surface area contributed by atoms with Gasteiger partial charge in [-0.3, -0.25) is 4.79 Å². The molecular formula is C22H27BF3N3O4. The highest BCUT2D eigenvalue weighted by molar-refractivity contribution is 6.38. The minimum absolute atomic E-state index is 0.0430. The van der Waals surface area contributed by atoms with Crippen LogP contribution in [0.1, 0.15) is 49.5 Å². The second-order valence-corrected chi connectivity index (χ2v) is 8.65. The van der Waals surface area contributed by atoms with Crippen LogP contribution in [-0.4, -0.2) is 50.8 Å². The van der Waals surface area contributed by atoms with Crippen molar-refractivity contribution in [1.29, 1.82) is 0 Å². The number of carbonyl (C=O) groups excluding carboxylic acids is 1. The van der Waals surface area contributed by atoms with Gasteiger partial charge in [-0.05, 0) is 44.7 Å². The van der Waals surface area contributed by atoms with Crippen molar-refractivity contribution in [1.82, 2.24) is 9.88 Å². The number of anilines is 1. The number of aromatic nitrogens is 1. The maximum absolute atomic E-state index is 15.4. The van der Waals surface area contributed by atoms with Gasteiger partial charge < -0.3 is 24.2 Å². The van der Waals surface area contributed by atoms with E-state index in [9.17, 15) is 18.2 Å². The molecule has 2 heterocycles. The molecule has 33 heavy (non-hydrogen) atoms. The molecule has 11 heteroatoms. The molecule has 7 nitrogen and oxygen atoms in total. The zero-order valence-electron chi connectivity index (χ0n) is 18.9. The Bertz CT molecular complexity index is 1120. The van der Waals surface area contributed by atoms with E-state index in [2.05, 4.69) is 16.9 Å². The molecule has 1 aromatic heterocycles. The maximum atomic E-state index is 15.4. The van der Waals surface area contributed by atoms with Gasteiger partial charge in [0.25, 0.3) is 0 Å². The van der Waals surface area contributed by atoms with E-state index < -0.39 is 30.2 Å². The maximum Gasteiger partial charge on any atom is 0.798 e. The molecule has 178 valence electrons. The quantitative estimate of drug-likeness (QED) is 0.603. The molecule has 1 aliphatic heterocycles. The van der Waals surface area contributed by atoms with Crippen LogP contribution < -0.4 is 20.4 Å². The molecule has 0 amide bonds. The number of hydrogen-bond donors (Lipinski definition) is 1. The van der Waals surface area contributed by atoms with Crippen LogP contribution in [0.5, 0.6) is 5.75 Å². The van der Waals surface area contributed by atoms with E-state index in [1.54, 1.807) is 4.57 Å². The summed E-state index contributed by atoms with van der Waals surface area (Å²) >= 11 is 0. The minimum atomic E-state index is -3.36. The number of hydrogen-bond acceptors (Lipinski definition) is 6. The van der Waals surface area contributed by atoms with E-state index in [0.717, 1.165) is 31.9 Å². The number of carbonyl (C=O) groups is 1. The molecule has 2 aliphatic rings. The molecule has 1 aromatic carbocycles. The Labute approximate surface area is 190 Å². The van der Waals surface area contributed by atoms with E-state index in [1.165, 1.54) is 13.3 Å². The van der Waals surface area contributed by atoms with Gasteiger partial charge in [0.1, 0.15) is 11.3 Å². The number of pyridine rings is 1. The zero-order chi connectivity index (χ0) is 23.9. The third kappa shape index (κ3) is 4.42. The van der Waals surface area contributed by atoms with Crippen molar-refractivity contribution in [3.8, 4) is 5.75 Å². The van der Waals surface area contributed by atoms with Gasteiger partial charge in [0.15, 0.2) is 11.6 Å². The number of ether oxygens (including phenoxy) is 1. The normalized spacial score (nSPS) is 19.1. The molecule has 1 saturated carbocycles. The number of rotatable bonds is 8. The third-order valence-corrected chi connectivity index (χ3v) is 6.53. The topological polar surface area (TPSA) is 72.8 Å². The lowest BCUT2D eigenvalue weighted by Crippen LogP contribution is -2.35. The highest BCUT2D eigenvalue weighted by Gasteiger charge is 2.35. The van der Waals surface area contributed by atoms with Crippen molar-refractivity contribution in [2.45, 2.75) is 45.2 Å². The third-order valence-electron chi connectivity index (χ3n) is 6.53. The summed E-state index contributed by atoms with van der Waals surface area (Å²) in [5.41, 5.74) is -0.785. The Kier molecular flexibility index (Phi) is 6.60. The zero-order valence-corrected chi connectivity index (χ0v) is 18.9. The van der Waals surface area contributed by atoms with Crippen LogP contribution in [0.4, 0.5) is 18.7 Å². The Morgan fingerprint density at radius 1 is 1.33 bits per heavy atom. The van der Waals surface area contributed by atoms with E-state index in [4.69, 9.17) is 4.74 Å². The molecule has 0 radical (unpaired) electrons. The molecule has 0 unspecified atom stereocenters. The van der Waals surface area contributed by atoms with E-state index >= 15 is 4.39 Å². The molecule has 1 N–H and O–H groups in total. The SMILES string of the molecule is CCN[C@H](C)[C@@H]1CCN(c2c(F)cc3c(=O)c(C(=O)OB(F)F)cn(C4CC4)c3c2OC)C1. The summed E-state index contributed by atoms with van der Waals surface area (Å²) < 4.78 is 51.9. The second-order valence-electron chi connectivity index (χ2n) is 8.65. The molecule has 0 bridgehead atoms. The van der Waals surface area contributed by atoms with Gasteiger partial charge in [-0.15, -0.1) is 0 Å². The molecule has 1 aliphatic carbocycles. The van der Waals surface area contributed by atoms with Crippen molar-refractivity contribution in [2.75, 3.05) is 31.6 Å². The van der Waals surface area contributed by atoms with Crippen molar-refractivity contribution in [3.05, 3.63) is 33.9 Å². The Morgan fingerprint density at radius 3 is 2.67 bits per heavy atom. The monoisotopic (exact) mass is 465 g/mol. The van der Waals surface area contributed by atoms with Crippen molar-refractivity contribution in [3.63, 3.8) is 0 Å². The Balaban J connectivity index is 1.85. The van der Waals surface area contributed by atoms with Crippen LogP contribution in [0, 0.1) is 11.7 Å². The lowest BCUT2D eigenvalue weighted by atomic mass is 10.0. The van der Waals surface area contributed by atoms with Crippen LogP contribution in [-0.2, 0) is 4.65 Å². The first-order valence-electron chi connectivity index (χ1n) is 11.2. The van der Waals surface area contributed by atoms with E-state index in [1.807, 2.05) is 11.8 Å². The summed E-state index contributed by atoms with van der Waals surface area (Å²) in [6.45, 7) is 6.24. The number of halogens is 3. The first kappa shape index (κ1) is 23.5. The molecular weight excluding hydrogens is 438 g/mol. The number of nitrogens with one attached hydrogen (secondary N) is 1. The summed E-state index contributed by atoms with van der Waals surface area (Å²) in [4.78, 5) is 27.1. The fourth-order valence-electron chi connectivity index (χ4n) is 4.75. The summed E-state index contributed by atoms with van der Waals surface area (Å²) in [6, 6.07) is 1.30. The number of nitrogens with zero attached hydrogens (tertiary/aromatic N) is 2. The average molecular weight is 465 g/mol. The molecule has 0 spiro atoms.